The minimum absolute atomic E-state index is 0.495. The lowest BCUT2D eigenvalue weighted by atomic mass is 10.3. The number of rotatable bonds is 3. The molecule has 0 unspecified atom stereocenters. The lowest BCUT2D eigenvalue weighted by Gasteiger charge is -2.29. The predicted molar refractivity (Wildman–Crippen MR) is 82.6 cm³/mol. The maximum absolute atomic E-state index is 6.02. The molecular formula is C15H19N5O. The van der Waals surface area contributed by atoms with Gasteiger partial charge in [-0.25, -0.2) is 9.98 Å². The maximum Gasteiger partial charge on any atom is 0.138 e. The zero-order valence-electron chi connectivity index (χ0n) is 12.1. The van der Waals surface area contributed by atoms with Crippen molar-refractivity contribution in [2.75, 3.05) is 26.3 Å². The van der Waals surface area contributed by atoms with E-state index in [0.29, 0.717) is 5.84 Å². The second kappa shape index (κ2) is 5.97. The van der Waals surface area contributed by atoms with Gasteiger partial charge < -0.3 is 19.8 Å². The van der Waals surface area contributed by atoms with Crippen molar-refractivity contribution < 1.29 is 4.74 Å². The van der Waals surface area contributed by atoms with Gasteiger partial charge in [0.05, 0.1) is 18.9 Å². The van der Waals surface area contributed by atoms with E-state index in [1.807, 2.05) is 41.9 Å². The molecule has 6 nitrogen and oxygen atoms in total. The van der Waals surface area contributed by atoms with E-state index in [9.17, 15) is 0 Å². The van der Waals surface area contributed by atoms with Gasteiger partial charge in [0.1, 0.15) is 11.5 Å². The van der Waals surface area contributed by atoms with E-state index in [4.69, 9.17) is 10.5 Å². The van der Waals surface area contributed by atoms with Crippen molar-refractivity contribution >= 4 is 17.2 Å². The van der Waals surface area contributed by atoms with Crippen LogP contribution in [0.3, 0.4) is 0 Å². The highest BCUT2D eigenvalue weighted by atomic mass is 16.5. The molecule has 0 amide bonds. The van der Waals surface area contributed by atoms with Gasteiger partial charge in [-0.05, 0) is 19.1 Å². The number of amidine groups is 1. The second-order valence-corrected chi connectivity index (χ2v) is 5.00. The van der Waals surface area contributed by atoms with E-state index in [-0.39, 0.29) is 0 Å². The van der Waals surface area contributed by atoms with Crippen LogP contribution in [0.1, 0.15) is 6.92 Å². The Hall–Kier alpha value is -2.34. The molecule has 110 valence electrons. The van der Waals surface area contributed by atoms with Crippen LogP contribution in [0.15, 0.2) is 47.5 Å². The Kier molecular flexibility index (Phi) is 3.87. The van der Waals surface area contributed by atoms with Gasteiger partial charge in [-0.15, -0.1) is 0 Å². The number of nitrogens with two attached hydrogens (primary N) is 1. The zero-order valence-corrected chi connectivity index (χ0v) is 12.1. The topological polar surface area (TPSA) is 68.1 Å². The van der Waals surface area contributed by atoms with Crippen LogP contribution >= 0.6 is 0 Å². The van der Waals surface area contributed by atoms with Crippen LogP contribution in [-0.4, -0.2) is 46.4 Å². The third kappa shape index (κ3) is 3.22. The van der Waals surface area contributed by atoms with E-state index in [0.717, 1.165) is 43.3 Å². The highest BCUT2D eigenvalue weighted by Crippen LogP contribution is 2.14. The van der Waals surface area contributed by atoms with Crippen molar-refractivity contribution in [2.24, 2.45) is 10.7 Å². The normalized spacial score (nSPS) is 17.5. The van der Waals surface area contributed by atoms with E-state index in [2.05, 4.69) is 14.9 Å². The summed E-state index contributed by atoms with van der Waals surface area (Å²) in [6, 6.07) is 3.82. The first-order valence-electron chi connectivity index (χ1n) is 7.00. The molecule has 0 aliphatic carbocycles. The van der Waals surface area contributed by atoms with Crippen LogP contribution in [0, 0.1) is 0 Å². The predicted octanol–water partition coefficient (Wildman–Crippen LogP) is 1.56. The van der Waals surface area contributed by atoms with Gasteiger partial charge >= 0.3 is 0 Å². The summed E-state index contributed by atoms with van der Waals surface area (Å²) in [5.74, 6) is 0.495. The molecule has 0 bridgehead atoms. The van der Waals surface area contributed by atoms with E-state index in [1.54, 1.807) is 6.20 Å². The number of nitrogens with zero attached hydrogens (tertiary/aromatic N) is 4. The van der Waals surface area contributed by atoms with Crippen molar-refractivity contribution in [1.82, 2.24) is 14.3 Å². The molecule has 1 fully saturated rings. The Morgan fingerprint density at radius 2 is 2.19 bits per heavy atom. The molecule has 0 radical (unpaired) electrons. The molecule has 1 saturated heterocycles. The van der Waals surface area contributed by atoms with Gasteiger partial charge in [0.15, 0.2) is 0 Å². The standard InChI is InChI=1S/C15H19N5O/c1-12(19-6-8-21-9-7-19)10-14(16)18-13-2-4-20-5-3-17-15(20)11-13/h2-5,10-11H,6-9H2,1H3,(H2,16,18)/b12-10+. The molecule has 2 aromatic rings. The highest BCUT2D eigenvalue weighted by Gasteiger charge is 2.10. The van der Waals surface area contributed by atoms with Crippen molar-refractivity contribution in [3.05, 3.63) is 42.5 Å². The molecule has 2 N–H and O–H groups in total. The Morgan fingerprint density at radius 1 is 1.38 bits per heavy atom. The van der Waals surface area contributed by atoms with Crippen molar-refractivity contribution in [3.8, 4) is 0 Å². The summed E-state index contributed by atoms with van der Waals surface area (Å²) in [5, 5.41) is 0. The van der Waals surface area contributed by atoms with E-state index >= 15 is 0 Å². The number of morpholine rings is 1. The number of hydrogen-bond acceptors (Lipinski definition) is 4. The van der Waals surface area contributed by atoms with Crippen LogP contribution < -0.4 is 5.73 Å². The quantitative estimate of drug-likeness (QED) is 0.686. The summed E-state index contributed by atoms with van der Waals surface area (Å²) >= 11 is 0. The van der Waals surface area contributed by atoms with Crippen LogP contribution in [0.4, 0.5) is 5.69 Å². The number of hydrogen-bond donors (Lipinski definition) is 1. The average Bonchev–Trinajstić information content (AvgIpc) is 2.95. The van der Waals surface area contributed by atoms with Crippen molar-refractivity contribution in [2.45, 2.75) is 6.92 Å². The van der Waals surface area contributed by atoms with Gasteiger partial charge in [-0.3, -0.25) is 0 Å². The largest absolute Gasteiger partial charge is 0.384 e. The number of aliphatic imine (C=N–C) groups is 1. The van der Waals surface area contributed by atoms with Crippen molar-refractivity contribution in [1.29, 1.82) is 0 Å². The van der Waals surface area contributed by atoms with Gasteiger partial charge in [0, 0.05) is 43.4 Å². The summed E-state index contributed by atoms with van der Waals surface area (Å²) in [5.41, 5.74) is 8.80. The Bertz CT molecular complexity index is 682. The number of fused-ring (bicyclic) bond motifs is 1. The minimum Gasteiger partial charge on any atom is -0.384 e. The fourth-order valence-electron chi connectivity index (χ4n) is 2.37. The van der Waals surface area contributed by atoms with Crippen LogP contribution in [0.2, 0.25) is 0 Å². The first-order chi connectivity index (χ1) is 10.2. The van der Waals surface area contributed by atoms with Crippen LogP contribution in [-0.2, 0) is 4.74 Å². The highest BCUT2D eigenvalue weighted by molar-refractivity contribution is 5.93. The third-order valence-corrected chi connectivity index (χ3v) is 3.51. The summed E-state index contributed by atoms with van der Waals surface area (Å²) in [4.78, 5) is 10.9. The molecule has 1 aliphatic heterocycles. The van der Waals surface area contributed by atoms with E-state index < -0.39 is 0 Å². The molecule has 0 aromatic carbocycles. The first-order valence-corrected chi connectivity index (χ1v) is 7.00. The first kappa shape index (κ1) is 13.6. The number of pyridine rings is 1. The summed E-state index contributed by atoms with van der Waals surface area (Å²) in [6.07, 6.45) is 7.48. The van der Waals surface area contributed by atoms with Gasteiger partial charge in [0.25, 0.3) is 0 Å². The fourth-order valence-corrected chi connectivity index (χ4v) is 2.37. The Balaban J connectivity index is 1.77. The van der Waals surface area contributed by atoms with Crippen LogP contribution in [0.5, 0.6) is 0 Å². The summed E-state index contributed by atoms with van der Waals surface area (Å²) < 4.78 is 7.28. The lowest BCUT2D eigenvalue weighted by Crippen LogP contribution is -2.35. The smallest absolute Gasteiger partial charge is 0.138 e. The number of allylic oxidation sites excluding steroid dienone is 1. The molecule has 6 heteroatoms. The number of aromatic nitrogens is 2. The summed E-state index contributed by atoms with van der Waals surface area (Å²) in [7, 11) is 0. The zero-order chi connectivity index (χ0) is 14.7. The average molecular weight is 285 g/mol. The molecule has 3 rings (SSSR count). The maximum atomic E-state index is 6.02. The molecule has 3 heterocycles. The molecular weight excluding hydrogens is 266 g/mol. The molecule has 0 spiro atoms. The summed E-state index contributed by atoms with van der Waals surface area (Å²) in [6.45, 7) is 5.37. The second-order valence-electron chi connectivity index (χ2n) is 5.00. The van der Waals surface area contributed by atoms with Crippen molar-refractivity contribution in [3.63, 3.8) is 0 Å². The third-order valence-electron chi connectivity index (χ3n) is 3.51. The van der Waals surface area contributed by atoms with Gasteiger partial charge in [-0.1, -0.05) is 0 Å². The Morgan fingerprint density at radius 3 is 3.00 bits per heavy atom. The molecule has 0 atom stereocenters. The lowest BCUT2D eigenvalue weighted by molar-refractivity contribution is 0.0538. The Labute approximate surface area is 123 Å². The molecule has 0 saturated carbocycles. The molecule has 21 heavy (non-hydrogen) atoms. The monoisotopic (exact) mass is 285 g/mol. The SMILES string of the molecule is C/C(=C\C(N)=Nc1ccn2ccnc2c1)N1CCOCC1. The number of imidazole rings is 1. The van der Waals surface area contributed by atoms with E-state index in [1.165, 1.54) is 0 Å². The minimum atomic E-state index is 0.495. The molecule has 1 aliphatic rings. The van der Waals surface area contributed by atoms with Gasteiger partial charge in [0.2, 0.25) is 0 Å². The fraction of sp³-hybridized carbons (Fsp3) is 0.333. The molecule has 2 aromatic heterocycles. The van der Waals surface area contributed by atoms with Gasteiger partial charge in [-0.2, -0.15) is 0 Å². The van der Waals surface area contributed by atoms with Crippen LogP contribution in [0.25, 0.3) is 5.65 Å². The number of ether oxygens (including phenoxy) is 1.